The third kappa shape index (κ3) is 3.12. The maximum atomic E-state index is 12.9. The third-order valence-electron chi connectivity index (χ3n) is 4.89. The first-order valence-corrected chi connectivity index (χ1v) is 8.86. The van der Waals surface area contributed by atoms with Crippen molar-refractivity contribution in [2.24, 2.45) is 14.1 Å². The molecule has 3 aromatic rings. The van der Waals surface area contributed by atoms with Crippen molar-refractivity contribution < 1.29 is 4.79 Å². The molecule has 1 aliphatic rings. The van der Waals surface area contributed by atoms with E-state index < -0.39 is 0 Å². The van der Waals surface area contributed by atoms with Crippen LogP contribution in [0, 0.1) is 0 Å². The van der Waals surface area contributed by atoms with E-state index in [-0.39, 0.29) is 11.9 Å². The minimum atomic E-state index is 0.0409. The SMILES string of the molecule is Cn1cc(C(=O)N2CCCCC2c2ccc(-c3cnn(C)c3)nc2)cn1. The summed E-state index contributed by atoms with van der Waals surface area (Å²) in [7, 11) is 3.72. The van der Waals surface area contributed by atoms with Crippen LogP contribution in [0.25, 0.3) is 11.3 Å². The number of aryl methyl sites for hydroxylation is 2. The molecule has 0 aliphatic carbocycles. The minimum Gasteiger partial charge on any atom is -0.331 e. The van der Waals surface area contributed by atoms with Crippen molar-refractivity contribution >= 4 is 5.91 Å². The molecule has 1 saturated heterocycles. The van der Waals surface area contributed by atoms with Crippen molar-refractivity contribution in [2.75, 3.05) is 6.54 Å². The first-order valence-electron chi connectivity index (χ1n) is 8.86. The van der Waals surface area contributed by atoms with Gasteiger partial charge in [0.15, 0.2) is 0 Å². The van der Waals surface area contributed by atoms with Crippen LogP contribution in [0.15, 0.2) is 43.1 Å². The van der Waals surface area contributed by atoms with Crippen LogP contribution in [-0.2, 0) is 14.1 Å². The molecule has 26 heavy (non-hydrogen) atoms. The predicted molar refractivity (Wildman–Crippen MR) is 97.3 cm³/mol. The Morgan fingerprint density at radius 2 is 1.85 bits per heavy atom. The van der Waals surface area contributed by atoms with Crippen molar-refractivity contribution in [3.05, 3.63) is 54.2 Å². The summed E-state index contributed by atoms with van der Waals surface area (Å²) in [4.78, 5) is 19.5. The van der Waals surface area contributed by atoms with Crippen LogP contribution in [0.1, 0.15) is 41.2 Å². The van der Waals surface area contributed by atoms with Crippen molar-refractivity contribution in [3.8, 4) is 11.3 Å². The van der Waals surface area contributed by atoms with E-state index in [4.69, 9.17) is 0 Å². The Hall–Kier alpha value is -2.96. The minimum absolute atomic E-state index is 0.0409. The predicted octanol–water partition coefficient (Wildman–Crippen LogP) is 2.58. The van der Waals surface area contributed by atoms with E-state index in [1.165, 1.54) is 0 Å². The van der Waals surface area contributed by atoms with Crippen molar-refractivity contribution in [3.63, 3.8) is 0 Å². The Balaban J connectivity index is 1.59. The van der Waals surface area contributed by atoms with Gasteiger partial charge < -0.3 is 4.90 Å². The first-order chi connectivity index (χ1) is 12.6. The fraction of sp³-hybridized carbons (Fsp3) is 0.368. The molecule has 7 heteroatoms. The van der Waals surface area contributed by atoms with Crippen LogP contribution in [0.5, 0.6) is 0 Å². The Morgan fingerprint density at radius 1 is 1.04 bits per heavy atom. The van der Waals surface area contributed by atoms with Gasteiger partial charge in [0.1, 0.15) is 0 Å². The molecule has 1 atom stereocenters. The van der Waals surface area contributed by atoms with E-state index in [9.17, 15) is 4.79 Å². The van der Waals surface area contributed by atoms with Crippen LogP contribution in [0.3, 0.4) is 0 Å². The average Bonchev–Trinajstić information content (AvgIpc) is 3.30. The lowest BCUT2D eigenvalue weighted by atomic mass is 9.95. The summed E-state index contributed by atoms with van der Waals surface area (Å²) < 4.78 is 3.43. The summed E-state index contributed by atoms with van der Waals surface area (Å²) in [5.41, 5.74) is 3.60. The van der Waals surface area contributed by atoms with Gasteiger partial charge in [-0.2, -0.15) is 10.2 Å². The number of nitrogens with zero attached hydrogens (tertiary/aromatic N) is 6. The maximum absolute atomic E-state index is 12.9. The van der Waals surface area contributed by atoms with Crippen LogP contribution < -0.4 is 0 Å². The lowest BCUT2D eigenvalue weighted by molar-refractivity contribution is 0.0611. The Bertz CT molecular complexity index is 910. The van der Waals surface area contributed by atoms with Gasteiger partial charge in [-0.15, -0.1) is 0 Å². The van der Waals surface area contributed by atoms with Crippen LogP contribution >= 0.6 is 0 Å². The normalized spacial score (nSPS) is 17.5. The van der Waals surface area contributed by atoms with Gasteiger partial charge in [-0.05, 0) is 30.9 Å². The van der Waals surface area contributed by atoms with Gasteiger partial charge in [-0.25, -0.2) is 0 Å². The fourth-order valence-electron chi connectivity index (χ4n) is 3.55. The van der Waals surface area contributed by atoms with E-state index in [0.717, 1.165) is 42.6 Å². The average molecular weight is 350 g/mol. The van der Waals surface area contributed by atoms with E-state index in [2.05, 4.69) is 21.2 Å². The number of rotatable bonds is 3. The molecule has 0 bridgehead atoms. The number of likely N-dealkylation sites (tertiary alicyclic amines) is 1. The molecule has 3 aromatic heterocycles. The zero-order valence-electron chi connectivity index (χ0n) is 15.0. The number of carbonyl (C=O) groups is 1. The van der Waals surface area contributed by atoms with Crippen LogP contribution in [0.4, 0.5) is 0 Å². The van der Waals surface area contributed by atoms with Gasteiger partial charge in [0.2, 0.25) is 0 Å². The molecule has 0 saturated carbocycles. The van der Waals surface area contributed by atoms with Gasteiger partial charge in [0.05, 0.1) is 29.7 Å². The van der Waals surface area contributed by atoms with Gasteiger partial charge >= 0.3 is 0 Å². The van der Waals surface area contributed by atoms with Crippen molar-refractivity contribution in [2.45, 2.75) is 25.3 Å². The van der Waals surface area contributed by atoms with Crippen molar-refractivity contribution in [1.82, 2.24) is 29.4 Å². The summed E-state index contributed by atoms with van der Waals surface area (Å²) >= 11 is 0. The number of hydrogen-bond donors (Lipinski definition) is 0. The second kappa shape index (κ2) is 6.74. The summed E-state index contributed by atoms with van der Waals surface area (Å²) in [5.74, 6) is 0.0409. The number of hydrogen-bond acceptors (Lipinski definition) is 4. The molecular weight excluding hydrogens is 328 g/mol. The van der Waals surface area contributed by atoms with Crippen molar-refractivity contribution in [1.29, 1.82) is 0 Å². The fourth-order valence-corrected chi connectivity index (χ4v) is 3.55. The lowest BCUT2D eigenvalue weighted by Crippen LogP contribution is -2.38. The molecule has 0 spiro atoms. The van der Waals surface area contributed by atoms with E-state index in [1.807, 2.05) is 37.5 Å². The smallest absolute Gasteiger partial charge is 0.257 e. The zero-order chi connectivity index (χ0) is 18.1. The maximum Gasteiger partial charge on any atom is 0.257 e. The summed E-state index contributed by atoms with van der Waals surface area (Å²) in [5, 5.41) is 8.32. The number of piperidine rings is 1. The van der Waals surface area contributed by atoms with Crippen LogP contribution in [0.2, 0.25) is 0 Å². The van der Waals surface area contributed by atoms with Gasteiger partial charge in [0, 0.05) is 44.8 Å². The Morgan fingerprint density at radius 3 is 2.50 bits per heavy atom. The van der Waals surface area contributed by atoms with E-state index >= 15 is 0 Å². The standard InChI is InChI=1S/C19H22N6O/c1-23-12-15(10-21-23)17-7-6-14(9-20-17)18-5-3-4-8-25(18)19(26)16-11-22-24(2)13-16/h6-7,9-13,18H,3-5,8H2,1-2H3. The monoisotopic (exact) mass is 350 g/mol. The first kappa shape index (κ1) is 16.5. The highest BCUT2D eigenvalue weighted by Gasteiger charge is 2.29. The number of aromatic nitrogens is 5. The second-order valence-electron chi connectivity index (χ2n) is 6.79. The lowest BCUT2D eigenvalue weighted by Gasteiger charge is -2.35. The summed E-state index contributed by atoms with van der Waals surface area (Å²) in [6, 6.07) is 4.15. The molecular formula is C19H22N6O. The molecule has 1 amide bonds. The van der Waals surface area contributed by atoms with Gasteiger partial charge in [0.25, 0.3) is 5.91 Å². The quantitative estimate of drug-likeness (QED) is 0.728. The number of carbonyl (C=O) groups excluding carboxylic acids is 1. The van der Waals surface area contributed by atoms with Gasteiger partial charge in [-0.3, -0.25) is 19.1 Å². The molecule has 4 rings (SSSR count). The topological polar surface area (TPSA) is 68.8 Å². The highest BCUT2D eigenvalue weighted by Crippen LogP contribution is 2.32. The second-order valence-corrected chi connectivity index (χ2v) is 6.79. The molecule has 134 valence electrons. The molecule has 4 heterocycles. The molecule has 7 nitrogen and oxygen atoms in total. The highest BCUT2D eigenvalue weighted by atomic mass is 16.2. The molecule has 0 radical (unpaired) electrons. The largest absolute Gasteiger partial charge is 0.331 e. The molecule has 0 aromatic carbocycles. The number of pyridine rings is 1. The van der Waals surface area contributed by atoms with E-state index in [1.54, 1.807) is 28.0 Å². The number of amides is 1. The molecule has 1 fully saturated rings. The highest BCUT2D eigenvalue weighted by molar-refractivity contribution is 5.94. The Labute approximate surface area is 152 Å². The van der Waals surface area contributed by atoms with Crippen LogP contribution in [-0.4, -0.2) is 41.9 Å². The summed E-state index contributed by atoms with van der Waals surface area (Å²) in [6.07, 6.45) is 12.2. The van der Waals surface area contributed by atoms with E-state index in [0.29, 0.717) is 5.56 Å². The van der Waals surface area contributed by atoms with Gasteiger partial charge in [-0.1, -0.05) is 6.07 Å². The third-order valence-corrected chi connectivity index (χ3v) is 4.89. The zero-order valence-corrected chi connectivity index (χ0v) is 15.0. The Kier molecular flexibility index (Phi) is 4.28. The molecule has 1 unspecified atom stereocenters. The molecule has 1 aliphatic heterocycles. The summed E-state index contributed by atoms with van der Waals surface area (Å²) in [6.45, 7) is 0.767. The molecule has 0 N–H and O–H groups in total.